The van der Waals surface area contributed by atoms with Gasteiger partial charge in [0.2, 0.25) is 0 Å². The first kappa shape index (κ1) is 13.9. The molecule has 1 heterocycles. The Kier molecular flexibility index (Phi) is 3.62. The maximum Gasteiger partial charge on any atom is 0.424 e. The summed E-state index contributed by atoms with van der Waals surface area (Å²) in [5, 5.41) is 9.04. The summed E-state index contributed by atoms with van der Waals surface area (Å²) in [5.74, 6) is -1.50. The van der Waals surface area contributed by atoms with E-state index in [-0.39, 0.29) is 12.2 Å². The molecule has 22 heavy (non-hydrogen) atoms. The van der Waals surface area contributed by atoms with Gasteiger partial charge in [-0.2, -0.15) is 0 Å². The van der Waals surface area contributed by atoms with Crippen LogP contribution in [0.5, 0.6) is 0 Å². The van der Waals surface area contributed by atoms with Gasteiger partial charge in [0.25, 0.3) is 0 Å². The molecular weight excluding hydrogens is 282 g/mol. The molecule has 3 aromatic rings. The minimum absolute atomic E-state index is 0.146. The van der Waals surface area contributed by atoms with Crippen molar-refractivity contribution in [3.63, 3.8) is 0 Å². The number of carboxylic acid groups (broad SMARTS) is 1. The van der Waals surface area contributed by atoms with Crippen molar-refractivity contribution >= 4 is 5.97 Å². The fourth-order valence-electron chi connectivity index (χ4n) is 2.37. The molecule has 0 unspecified atom stereocenters. The maximum absolute atomic E-state index is 12.2. The van der Waals surface area contributed by atoms with Crippen LogP contribution in [0.25, 0.3) is 16.9 Å². The Morgan fingerprint density at radius 3 is 2.18 bits per heavy atom. The van der Waals surface area contributed by atoms with Gasteiger partial charge in [-0.1, -0.05) is 48.5 Å². The van der Waals surface area contributed by atoms with Gasteiger partial charge in [0.1, 0.15) is 12.2 Å². The van der Waals surface area contributed by atoms with E-state index in [2.05, 4.69) is 0 Å². The van der Waals surface area contributed by atoms with Gasteiger partial charge < -0.3 is 9.52 Å². The highest BCUT2D eigenvalue weighted by molar-refractivity contribution is 5.74. The second-order valence-electron chi connectivity index (χ2n) is 4.75. The summed E-state index contributed by atoms with van der Waals surface area (Å²) >= 11 is 0. The number of hydrogen-bond acceptors (Lipinski definition) is 3. The lowest BCUT2D eigenvalue weighted by Crippen LogP contribution is -2.13. The number of rotatable bonds is 4. The summed E-state index contributed by atoms with van der Waals surface area (Å²) in [6.45, 7) is 0. The molecule has 0 radical (unpaired) electrons. The molecule has 0 aliphatic rings. The Morgan fingerprint density at radius 1 is 1.00 bits per heavy atom. The molecule has 3 rings (SSSR count). The van der Waals surface area contributed by atoms with E-state index in [0.29, 0.717) is 11.4 Å². The summed E-state index contributed by atoms with van der Waals surface area (Å²) in [7, 11) is 0. The van der Waals surface area contributed by atoms with Gasteiger partial charge in [0, 0.05) is 5.56 Å². The third-order valence-corrected chi connectivity index (χ3v) is 3.25. The van der Waals surface area contributed by atoms with E-state index < -0.39 is 11.7 Å². The van der Waals surface area contributed by atoms with E-state index in [1.165, 1.54) is 4.57 Å². The van der Waals surface area contributed by atoms with E-state index in [0.717, 1.165) is 5.56 Å². The van der Waals surface area contributed by atoms with E-state index >= 15 is 0 Å². The first-order chi connectivity index (χ1) is 10.7. The standard InChI is InChI=1S/C17H13NO4/c19-15(20)11-14-16(12-7-3-1-4-8-12)18(17(21)22-14)13-9-5-2-6-10-13/h1-10H,11H2,(H,19,20). The van der Waals surface area contributed by atoms with Crippen molar-refractivity contribution in [2.24, 2.45) is 0 Å². The Labute approximate surface area is 126 Å². The first-order valence-electron chi connectivity index (χ1n) is 6.74. The molecule has 0 amide bonds. The van der Waals surface area contributed by atoms with Crippen molar-refractivity contribution in [3.05, 3.63) is 77.0 Å². The van der Waals surface area contributed by atoms with E-state index in [1.807, 2.05) is 36.4 Å². The Balaban J connectivity index is 2.28. The zero-order chi connectivity index (χ0) is 15.5. The molecule has 1 N–H and O–H groups in total. The molecule has 2 aromatic carbocycles. The molecule has 0 fully saturated rings. The SMILES string of the molecule is O=C(O)Cc1oc(=O)n(-c2ccccc2)c1-c1ccccc1. The van der Waals surface area contributed by atoms with Crippen molar-refractivity contribution in [2.75, 3.05) is 0 Å². The van der Waals surface area contributed by atoms with Crippen molar-refractivity contribution in [1.82, 2.24) is 4.57 Å². The quantitative estimate of drug-likeness (QED) is 0.803. The summed E-state index contributed by atoms with van der Waals surface area (Å²) in [6, 6.07) is 18.1. The minimum Gasteiger partial charge on any atom is -0.481 e. The Hall–Kier alpha value is -3.08. The number of aliphatic carboxylic acids is 1. The summed E-state index contributed by atoms with van der Waals surface area (Å²) < 4.78 is 6.59. The van der Waals surface area contributed by atoms with Crippen molar-refractivity contribution in [2.45, 2.75) is 6.42 Å². The predicted octanol–water partition coefficient (Wildman–Crippen LogP) is 2.72. The van der Waals surface area contributed by atoms with Crippen LogP contribution in [0.15, 0.2) is 69.9 Å². The molecule has 0 aliphatic heterocycles. The highest BCUT2D eigenvalue weighted by Gasteiger charge is 2.21. The van der Waals surface area contributed by atoms with E-state index in [1.54, 1.807) is 24.3 Å². The zero-order valence-corrected chi connectivity index (χ0v) is 11.6. The summed E-state index contributed by atoms with van der Waals surface area (Å²) in [6.07, 6.45) is -0.348. The highest BCUT2D eigenvalue weighted by atomic mass is 16.4. The minimum atomic E-state index is -1.05. The largest absolute Gasteiger partial charge is 0.481 e. The van der Waals surface area contributed by atoms with Crippen LogP contribution in [0.4, 0.5) is 0 Å². The van der Waals surface area contributed by atoms with Crippen molar-refractivity contribution in [3.8, 4) is 16.9 Å². The molecule has 0 saturated carbocycles. The second-order valence-corrected chi connectivity index (χ2v) is 4.75. The lowest BCUT2D eigenvalue weighted by molar-refractivity contribution is -0.136. The molecule has 5 heteroatoms. The van der Waals surface area contributed by atoms with Crippen LogP contribution in [0.3, 0.4) is 0 Å². The number of hydrogen-bond donors (Lipinski definition) is 1. The lowest BCUT2D eigenvalue weighted by atomic mass is 10.1. The van der Waals surface area contributed by atoms with Crippen LogP contribution >= 0.6 is 0 Å². The normalized spacial score (nSPS) is 10.5. The van der Waals surface area contributed by atoms with E-state index in [4.69, 9.17) is 9.52 Å². The average Bonchev–Trinajstić information content (AvgIpc) is 2.84. The maximum atomic E-state index is 12.2. The smallest absolute Gasteiger partial charge is 0.424 e. The van der Waals surface area contributed by atoms with Crippen LogP contribution in [-0.4, -0.2) is 15.6 Å². The molecule has 0 saturated heterocycles. The molecule has 5 nitrogen and oxygen atoms in total. The van der Waals surface area contributed by atoms with Gasteiger partial charge in [-0.3, -0.25) is 4.79 Å². The highest BCUT2D eigenvalue weighted by Crippen LogP contribution is 2.26. The fourth-order valence-corrected chi connectivity index (χ4v) is 2.37. The Bertz CT molecular complexity index is 847. The Morgan fingerprint density at radius 2 is 1.59 bits per heavy atom. The van der Waals surface area contributed by atoms with Gasteiger partial charge in [-0.05, 0) is 12.1 Å². The van der Waals surface area contributed by atoms with Crippen LogP contribution in [0.1, 0.15) is 5.76 Å². The molecule has 0 bridgehead atoms. The fraction of sp³-hybridized carbons (Fsp3) is 0.0588. The van der Waals surface area contributed by atoms with Gasteiger partial charge in [0.15, 0.2) is 0 Å². The molecule has 1 aromatic heterocycles. The number of aromatic nitrogens is 1. The third kappa shape index (κ3) is 2.56. The van der Waals surface area contributed by atoms with Gasteiger partial charge in [0.05, 0.1) is 11.4 Å². The van der Waals surface area contributed by atoms with Crippen LogP contribution in [-0.2, 0) is 11.2 Å². The van der Waals surface area contributed by atoms with E-state index in [9.17, 15) is 9.59 Å². The monoisotopic (exact) mass is 295 g/mol. The molecule has 110 valence electrons. The third-order valence-electron chi connectivity index (χ3n) is 3.25. The predicted molar refractivity (Wildman–Crippen MR) is 81.1 cm³/mol. The number of para-hydroxylation sites is 1. The zero-order valence-electron chi connectivity index (χ0n) is 11.6. The molecular formula is C17H13NO4. The van der Waals surface area contributed by atoms with Crippen molar-refractivity contribution < 1.29 is 14.3 Å². The number of carbonyl (C=O) groups is 1. The average molecular weight is 295 g/mol. The topological polar surface area (TPSA) is 72.4 Å². The summed E-state index contributed by atoms with van der Waals surface area (Å²) in [4.78, 5) is 23.3. The van der Waals surface area contributed by atoms with Crippen LogP contribution < -0.4 is 5.76 Å². The first-order valence-corrected chi connectivity index (χ1v) is 6.74. The number of benzene rings is 2. The van der Waals surface area contributed by atoms with Gasteiger partial charge in [-0.25, -0.2) is 9.36 Å². The number of carboxylic acids is 1. The summed E-state index contributed by atoms with van der Waals surface area (Å²) in [5.41, 5.74) is 1.83. The number of nitrogens with zero attached hydrogens (tertiary/aromatic N) is 1. The molecule has 0 atom stereocenters. The van der Waals surface area contributed by atoms with Gasteiger partial charge in [-0.15, -0.1) is 0 Å². The van der Waals surface area contributed by atoms with Gasteiger partial charge >= 0.3 is 11.7 Å². The second kappa shape index (κ2) is 5.73. The van der Waals surface area contributed by atoms with Crippen LogP contribution in [0, 0.1) is 0 Å². The van der Waals surface area contributed by atoms with Crippen LogP contribution in [0.2, 0.25) is 0 Å². The number of oxazole rings is 1. The molecule has 0 aliphatic carbocycles. The van der Waals surface area contributed by atoms with Crippen molar-refractivity contribution in [1.29, 1.82) is 0 Å². The molecule has 0 spiro atoms. The lowest BCUT2D eigenvalue weighted by Gasteiger charge is -2.07.